The fraction of sp³-hybridized carbons (Fsp3) is 0.289. The topological polar surface area (TPSA) is 54.0 Å². The van der Waals surface area contributed by atoms with E-state index in [2.05, 4.69) is 79.7 Å². The van der Waals surface area contributed by atoms with Crippen LogP contribution in [0.25, 0.3) is 23.3 Å². The molecule has 5 rings (SSSR count). The molecule has 0 amide bonds. The van der Waals surface area contributed by atoms with Crippen LogP contribution in [0, 0.1) is 0 Å². The summed E-state index contributed by atoms with van der Waals surface area (Å²) in [5, 5.41) is 0. The predicted octanol–water partition coefficient (Wildman–Crippen LogP) is 8.10. The van der Waals surface area contributed by atoms with Crippen LogP contribution in [-0.4, -0.2) is 39.0 Å². The Bertz CT molecular complexity index is 1520. The third-order valence-electron chi connectivity index (χ3n) is 7.71. The molecule has 0 aliphatic heterocycles. The molecule has 0 radical (unpaired) electrons. The Morgan fingerprint density at radius 3 is 2.28 bits per heavy atom. The highest BCUT2D eigenvalue weighted by Crippen LogP contribution is 2.38. The van der Waals surface area contributed by atoms with E-state index in [1.165, 1.54) is 34.9 Å². The number of rotatable bonds is 13. The van der Waals surface area contributed by atoms with Gasteiger partial charge in [-0.2, -0.15) is 0 Å². The van der Waals surface area contributed by atoms with Gasteiger partial charge in [0.05, 0.1) is 13.2 Å². The lowest BCUT2D eigenvalue weighted by atomic mass is 9.92. The monoisotopic (exact) mass is 576 g/mol. The smallest absolute Gasteiger partial charge is 0.335 e. The summed E-state index contributed by atoms with van der Waals surface area (Å²) in [6.45, 7) is 5.17. The molecule has 4 aromatic carbocycles. The minimum Gasteiger partial charge on any atom is -0.491 e. The molecule has 0 spiro atoms. The largest absolute Gasteiger partial charge is 0.491 e. The van der Waals surface area contributed by atoms with Gasteiger partial charge in [-0.3, -0.25) is 0 Å². The normalized spacial score (nSPS) is 14.3. The van der Waals surface area contributed by atoms with Crippen LogP contribution in [0.1, 0.15) is 59.8 Å². The number of hydrogen-bond donors (Lipinski definition) is 0. The Balaban J connectivity index is 1.29. The highest BCUT2D eigenvalue weighted by atomic mass is 16.6. The van der Waals surface area contributed by atoms with E-state index in [1.807, 2.05) is 30.3 Å². The maximum absolute atomic E-state index is 12.1. The number of benzene rings is 4. The second kappa shape index (κ2) is 14.8. The van der Waals surface area contributed by atoms with Crippen molar-refractivity contribution in [3.05, 3.63) is 124 Å². The van der Waals surface area contributed by atoms with E-state index >= 15 is 0 Å². The van der Waals surface area contributed by atoms with E-state index in [0.29, 0.717) is 26.2 Å². The highest BCUT2D eigenvalue weighted by Gasteiger charge is 2.23. The highest BCUT2D eigenvalue weighted by molar-refractivity contribution is 5.79. The fourth-order valence-corrected chi connectivity index (χ4v) is 5.50. The Morgan fingerprint density at radius 1 is 0.767 bits per heavy atom. The van der Waals surface area contributed by atoms with Crippen molar-refractivity contribution in [2.75, 3.05) is 26.9 Å². The third-order valence-corrected chi connectivity index (χ3v) is 7.71. The van der Waals surface area contributed by atoms with Crippen LogP contribution in [-0.2, 0) is 31.8 Å². The summed E-state index contributed by atoms with van der Waals surface area (Å²) in [6.07, 6.45) is 6.15. The molecule has 2 atom stereocenters. The zero-order chi connectivity index (χ0) is 30.0. The molecule has 5 nitrogen and oxygen atoms in total. The maximum atomic E-state index is 12.1. The second-order valence-corrected chi connectivity index (χ2v) is 10.7. The minimum absolute atomic E-state index is 0.207. The first kappa shape index (κ1) is 30.3. The van der Waals surface area contributed by atoms with Crippen LogP contribution in [0.5, 0.6) is 5.75 Å². The van der Waals surface area contributed by atoms with Gasteiger partial charge in [-0.05, 0) is 76.1 Å². The van der Waals surface area contributed by atoms with Gasteiger partial charge in [-0.1, -0.05) is 98.3 Å². The van der Waals surface area contributed by atoms with Gasteiger partial charge < -0.3 is 18.9 Å². The van der Waals surface area contributed by atoms with Crippen LogP contribution in [0.3, 0.4) is 0 Å². The van der Waals surface area contributed by atoms with Gasteiger partial charge in [0.25, 0.3) is 0 Å². The van der Waals surface area contributed by atoms with Crippen molar-refractivity contribution >= 4 is 18.1 Å². The second-order valence-electron chi connectivity index (χ2n) is 10.7. The Kier molecular flexibility index (Phi) is 10.4. The summed E-state index contributed by atoms with van der Waals surface area (Å²) in [5.41, 5.74) is 9.36. The molecule has 0 fully saturated rings. The van der Waals surface area contributed by atoms with Gasteiger partial charge in [0.2, 0.25) is 0 Å². The maximum Gasteiger partial charge on any atom is 0.335 e. The Labute approximate surface area is 255 Å². The van der Waals surface area contributed by atoms with Crippen LogP contribution in [0.4, 0.5) is 0 Å². The van der Waals surface area contributed by atoms with Crippen molar-refractivity contribution in [3.8, 4) is 16.9 Å². The van der Waals surface area contributed by atoms with Crippen molar-refractivity contribution in [2.24, 2.45) is 0 Å². The first-order valence-electron chi connectivity index (χ1n) is 15.1. The van der Waals surface area contributed by atoms with E-state index < -0.39 is 6.10 Å². The first-order valence-corrected chi connectivity index (χ1v) is 15.1. The quantitative estimate of drug-likeness (QED) is 0.119. The zero-order valence-electron chi connectivity index (χ0n) is 25.3. The molecule has 43 heavy (non-hydrogen) atoms. The van der Waals surface area contributed by atoms with E-state index in [-0.39, 0.29) is 12.1 Å². The minimum atomic E-state index is -0.624. The number of esters is 1. The molecule has 2 unspecified atom stereocenters. The molecule has 222 valence electrons. The molecule has 1 aliphatic carbocycles. The number of carbonyl (C=O) groups excluding carboxylic acids is 1. The van der Waals surface area contributed by atoms with Crippen molar-refractivity contribution in [3.63, 3.8) is 0 Å². The molecular formula is C38H40O5. The molecule has 0 saturated heterocycles. The molecule has 0 aromatic heterocycles. The number of carbonyl (C=O) groups is 1. The number of hydrogen-bond acceptors (Lipinski definition) is 5. The molecule has 0 N–H and O–H groups in total. The lowest BCUT2D eigenvalue weighted by molar-refractivity contribution is -0.154. The SMILES string of the molecule is CCCc1ccc2c(c1)C(OCCOc1ccc(CC(OC)C(=O)OCC)cc1)c1ccc(-c3ccccc3)cc1C=C2. The lowest BCUT2D eigenvalue weighted by Crippen LogP contribution is -2.27. The number of methoxy groups -OCH3 is 1. The summed E-state index contributed by atoms with van der Waals surface area (Å²) in [6, 6.07) is 31.6. The van der Waals surface area contributed by atoms with E-state index in [0.717, 1.165) is 35.3 Å². The van der Waals surface area contributed by atoms with Gasteiger partial charge in [0.15, 0.2) is 6.10 Å². The van der Waals surface area contributed by atoms with Gasteiger partial charge in [0, 0.05) is 13.5 Å². The molecule has 0 heterocycles. The number of ether oxygens (including phenoxy) is 4. The Hall–Kier alpha value is -4.19. The zero-order valence-corrected chi connectivity index (χ0v) is 25.3. The van der Waals surface area contributed by atoms with Crippen molar-refractivity contribution in [1.82, 2.24) is 0 Å². The van der Waals surface area contributed by atoms with Gasteiger partial charge in [0.1, 0.15) is 18.5 Å². The van der Waals surface area contributed by atoms with E-state index in [9.17, 15) is 4.79 Å². The van der Waals surface area contributed by atoms with Crippen LogP contribution >= 0.6 is 0 Å². The van der Waals surface area contributed by atoms with Crippen LogP contribution in [0.2, 0.25) is 0 Å². The number of aryl methyl sites for hydroxylation is 1. The molecule has 0 bridgehead atoms. The summed E-state index contributed by atoms with van der Waals surface area (Å²) in [5.74, 6) is 0.399. The van der Waals surface area contributed by atoms with Crippen LogP contribution < -0.4 is 4.74 Å². The summed E-state index contributed by atoms with van der Waals surface area (Å²) in [4.78, 5) is 12.1. The molecule has 4 aromatic rings. The summed E-state index contributed by atoms with van der Waals surface area (Å²) in [7, 11) is 1.52. The van der Waals surface area contributed by atoms with Crippen molar-refractivity contribution < 1.29 is 23.7 Å². The molecule has 5 heteroatoms. The standard InChI is InChI=1S/C38H40O5/c1-4-9-27-12-15-30-16-17-32-26-31(29-10-7-6-8-11-29)18-21-34(32)37(35(30)24-27)43-23-22-42-33-19-13-28(14-20-33)25-36(40-3)38(39)41-5-2/h6-8,10-21,24,26,36-37H,4-5,9,22-23,25H2,1-3H3. The van der Waals surface area contributed by atoms with E-state index in [1.54, 1.807) is 6.92 Å². The van der Waals surface area contributed by atoms with Gasteiger partial charge >= 0.3 is 5.97 Å². The molecule has 0 saturated carbocycles. The number of fused-ring (bicyclic) bond motifs is 2. The van der Waals surface area contributed by atoms with Gasteiger partial charge in [-0.15, -0.1) is 0 Å². The Morgan fingerprint density at radius 2 is 1.53 bits per heavy atom. The fourth-order valence-electron chi connectivity index (χ4n) is 5.50. The average molecular weight is 577 g/mol. The summed E-state index contributed by atoms with van der Waals surface area (Å²) >= 11 is 0. The lowest BCUT2D eigenvalue weighted by Gasteiger charge is -2.22. The van der Waals surface area contributed by atoms with Crippen LogP contribution in [0.15, 0.2) is 91.0 Å². The predicted molar refractivity (Wildman–Crippen MR) is 172 cm³/mol. The first-order chi connectivity index (χ1) is 21.1. The van der Waals surface area contributed by atoms with Gasteiger partial charge in [-0.25, -0.2) is 4.79 Å². The molecule has 1 aliphatic rings. The molecular weight excluding hydrogens is 536 g/mol. The third kappa shape index (κ3) is 7.61. The average Bonchev–Trinajstić information content (AvgIpc) is 3.19. The summed E-state index contributed by atoms with van der Waals surface area (Å²) < 4.78 is 23.1. The van der Waals surface area contributed by atoms with Crippen molar-refractivity contribution in [2.45, 2.75) is 45.3 Å². The van der Waals surface area contributed by atoms with E-state index in [4.69, 9.17) is 18.9 Å². The van der Waals surface area contributed by atoms with Crippen molar-refractivity contribution in [1.29, 1.82) is 0 Å².